The third kappa shape index (κ3) is 2.80. The molecule has 1 heterocycles. The van der Waals surface area contributed by atoms with Crippen LogP contribution in [0.5, 0.6) is 0 Å². The molecule has 1 aliphatic rings. The highest BCUT2D eigenvalue weighted by Crippen LogP contribution is 2.24. The Bertz CT molecular complexity index is 723. The average Bonchev–Trinajstić information content (AvgIpc) is 2.84. The van der Waals surface area contributed by atoms with Gasteiger partial charge < -0.3 is 9.73 Å². The van der Waals surface area contributed by atoms with Crippen LogP contribution in [0, 0.1) is 5.92 Å². The van der Waals surface area contributed by atoms with Gasteiger partial charge in [-0.05, 0) is 50.7 Å². The normalized spacial score (nSPS) is 23.4. The van der Waals surface area contributed by atoms with E-state index in [4.69, 9.17) is 4.42 Å². The van der Waals surface area contributed by atoms with Crippen LogP contribution in [0.25, 0.3) is 11.1 Å². The number of carbonyl (C=O) groups is 1. The predicted molar refractivity (Wildman–Crippen MR) is 84.7 cm³/mol. The third-order valence-electron chi connectivity index (χ3n) is 4.65. The molecule has 1 amide bonds. The van der Waals surface area contributed by atoms with Crippen molar-refractivity contribution in [3.05, 3.63) is 34.8 Å². The Labute approximate surface area is 129 Å². The Morgan fingerprint density at radius 2 is 1.95 bits per heavy atom. The van der Waals surface area contributed by atoms with Gasteiger partial charge in [0.1, 0.15) is 6.04 Å². The van der Waals surface area contributed by atoms with Gasteiger partial charge in [-0.1, -0.05) is 19.1 Å². The van der Waals surface area contributed by atoms with Crippen molar-refractivity contribution in [3.8, 4) is 0 Å². The fraction of sp³-hybridized carbons (Fsp3) is 0.529. The van der Waals surface area contributed by atoms with Crippen LogP contribution in [-0.2, 0) is 4.79 Å². The monoisotopic (exact) mass is 302 g/mol. The van der Waals surface area contributed by atoms with E-state index in [-0.39, 0.29) is 11.9 Å². The minimum atomic E-state index is -0.574. The molecule has 22 heavy (non-hydrogen) atoms. The first-order chi connectivity index (χ1) is 10.6. The average molecular weight is 302 g/mol. The van der Waals surface area contributed by atoms with E-state index in [9.17, 15) is 9.59 Å². The molecule has 0 bridgehead atoms. The van der Waals surface area contributed by atoms with Crippen LogP contribution in [0.2, 0.25) is 0 Å². The molecule has 0 radical (unpaired) electrons. The lowest BCUT2D eigenvalue weighted by molar-refractivity contribution is -0.124. The Morgan fingerprint density at radius 3 is 2.68 bits per heavy atom. The van der Waals surface area contributed by atoms with Gasteiger partial charge in [0.05, 0.1) is 5.52 Å². The minimum absolute atomic E-state index is 0.117. The number of carbonyl (C=O) groups excluding carboxylic acids is 1. The number of amides is 1. The number of oxazole rings is 1. The van der Waals surface area contributed by atoms with Gasteiger partial charge in [0.25, 0.3) is 0 Å². The Hall–Kier alpha value is -2.04. The quantitative estimate of drug-likeness (QED) is 0.948. The molecule has 0 spiro atoms. The Balaban J connectivity index is 1.77. The van der Waals surface area contributed by atoms with Gasteiger partial charge in [0, 0.05) is 6.04 Å². The molecule has 5 nitrogen and oxygen atoms in total. The molecule has 3 rings (SSSR count). The summed E-state index contributed by atoms with van der Waals surface area (Å²) >= 11 is 0. The number of hydrogen-bond donors (Lipinski definition) is 1. The SMILES string of the molecule is CC1CCC(NC(=O)C(C)n2c(=O)oc3ccccc32)CC1. The summed E-state index contributed by atoms with van der Waals surface area (Å²) < 4.78 is 6.63. The highest BCUT2D eigenvalue weighted by molar-refractivity contribution is 5.83. The Morgan fingerprint density at radius 1 is 1.27 bits per heavy atom. The highest BCUT2D eigenvalue weighted by atomic mass is 16.4. The van der Waals surface area contributed by atoms with Crippen LogP contribution < -0.4 is 11.1 Å². The van der Waals surface area contributed by atoms with Gasteiger partial charge in [-0.2, -0.15) is 0 Å². The molecule has 118 valence electrons. The first kappa shape index (κ1) is 14.9. The fourth-order valence-corrected chi connectivity index (χ4v) is 3.19. The zero-order chi connectivity index (χ0) is 15.7. The van der Waals surface area contributed by atoms with E-state index < -0.39 is 11.8 Å². The molecule has 0 aliphatic heterocycles. The summed E-state index contributed by atoms with van der Waals surface area (Å²) in [6, 6.07) is 6.83. The summed E-state index contributed by atoms with van der Waals surface area (Å²) in [5.41, 5.74) is 1.17. The third-order valence-corrected chi connectivity index (χ3v) is 4.65. The van der Waals surface area contributed by atoms with Crippen molar-refractivity contribution in [1.29, 1.82) is 0 Å². The van der Waals surface area contributed by atoms with Gasteiger partial charge in [-0.15, -0.1) is 0 Å². The van der Waals surface area contributed by atoms with Gasteiger partial charge in [-0.25, -0.2) is 4.79 Å². The predicted octanol–water partition coefficient (Wildman–Crippen LogP) is 2.85. The van der Waals surface area contributed by atoms with Crippen molar-refractivity contribution in [2.45, 2.75) is 51.6 Å². The number of nitrogens with one attached hydrogen (secondary N) is 1. The summed E-state index contributed by atoms with van der Waals surface area (Å²) in [7, 11) is 0. The molecule has 1 saturated carbocycles. The molecule has 5 heteroatoms. The van der Waals surface area contributed by atoms with E-state index in [0.29, 0.717) is 11.1 Å². The standard InChI is InChI=1S/C17H22N2O3/c1-11-7-9-13(10-8-11)18-16(20)12(2)19-14-5-3-4-6-15(14)22-17(19)21/h3-6,11-13H,7-10H2,1-2H3,(H,18,20). The van der Waals surface area contributed by atoms with Gasteiger partial charge in [0.2, 0.25) is 5.91 Å². The van der Waals surface area contributed by atoms with Crippen molar-refractivity contribution in [2.75, 3.05) is 0 Å². The largest absolute Gasteiger partial charge is 0.420 e. The first-order valence-corrected chi connectivity index (χ1v) is 7.96. The maximum Gasteiger partial charge on any atom is 0.420 e. The number of rotatable bonds is 3. The molecule has 1 unspecified atom stereocenters. The van der Waals surface area contributed by atoms with Crippen LogP contribution in [0.1, 0.15) is 45.6 Å². The van der Waals surface area contributed by atoms with Crippen LogP contribution in [0.3, 0.4) is 0 Å². The van der Waals surface area contributed by atoms with E-state index in [2.05, 4.69) is 12.2 Å². The van der Waals surface area contributed by atoms with E-state index in [1.165, 1.54) is 4.57 Å². The maximum absolute atomic E-state index is 12.5. The smallest absolute Gasteiger partial charge is 0.408 e. The van der Waals surface area contributed by atoms with Crippen LogP contribution >= 0.6 is 0 Å². The summed E-state index contributed by atoms with van der Waals surface area (Å²) in [5, 5.41) is 3.08. The van der Waals surface area contributed by atoms with Crippen molar-refractivity contribution in [1.82, 2.24) is 9.88 Å². The second kappa shape index (κ2) is 5.99. The molecule has 1 fully saturated rings. The lowest BCUT2D eigenvalue weighted by Crippen LogP contribution is -2.42. The fourth-order valence-electron chi connectivity index (χ4n) is 3.19. The lowest BCUT2D eigenvalue weighted by Gasteiger charge is -2.28. The first-order valence-electron chi connectivity index (χ1n) is 7.96. The summed E-state index contributed by atoms with van der Waals surface area (Å²) in [6.07, 6.45) is 4.32. The molecule has 2 aromatic rings. The molecule has 0 saturated heterocycles. The zero-order valence-electron chi connectivity index (χ0n) is 13.0. The highest BCUT2D eigenvalue weighted by Gasteiger charge is 2.25. The number of benzene rings is 1. The number of fused-ring (bicyclic) bond motifs is 1. The second-order valence-electron chi connectivity index (χ2n) is 6.35. The van der Waals surface area contributed by atoms with Crippen molar-refractivity contribution in [3.63, 3.8) is 0 Å². The summed E-state index contributed by atoms with van der Waals surface area (Å²) in [5.74, 6) is 0.139. The van der Waals surface area contributed by atoms with E-state index >= 15 is 0 Å². The van der Waals surface area contributed by atoms with E-state index in [1.807, 2.05) is 12.1 Å². The van der Waals surface area contributed by atoms with E-state index in [1.54, 1.807) is 19.1 Å². The molecule has 1 aliphatic carbocycles. The van der Waals surface area contributed by atoms with Gasteiger partial charge >= 0.3 is 5.76 Å². The number of hydrogen-bond acceptors (Lipinski definition) is 3. The summed E-state index contributed by atoms with van der Waals surface area (Å²) in [6.45, 7) is 3.99. The van der Waals surface area contributed by atoms with Crippen molar-refractivity contribution >= 4 is 17.0 Å². The second-order valence-corrected chi connectivity index (χ2v) is 6.35. The number of para-hydroxylation sites is 2. The number of aromatic nitrogens is 1. The molecule has 1 aromatic heterocycles. The molecular formula is C17H22N2O3. The van der Waals surface area contributed by atoms with Crippen LogP contribution in [0.15, 0.2) is 33.5 Å². The zero-order valence-corrected chi connectivity index (χ0v) is 13.0. The summed E-state index contributed by atoms with van der Waals surface area (Å²) in [4.78, 5) is 24.5. The van der Waals surface area contributed by atoms with Crippen molar-refractivity contribution in [2.24, 2.45) is 5.92 Å². The molecule has 1 aromatic carbocycles. The topological polar surface area (TPSA) is 64.2 Å². The Kier molecular flexibility index (Phi) is 4.05. The minimum Gasteiger partial charge on any atom is -0.408 e. The van der Waals surface area contributed by atoms with Crippen LogP contribution in [0.4, 0.5) is 0 Å². The lowest BCUT2D eigenvalue weighted by atomic mass is 9.87. The number of nitrogens with zero attached hydrogens (tertiary/aromatic N) is 1. The molecule has 1 N–H and O–H groups in total. The van der Waals surface area contributed by atoms with E-state index in [0.717, 1.165) is 31.6 Å². The maximum atomic E-state index is 12.5. The van der Waals surface area contributed by atoms with Crippen LogP contribution in [-0.4, -0.2) is 16.5 Å². The van der Waals surface area contributed by atoms with Crippen molar-refractivity contribution < 1.29 is 9.21 Å². The molecule has 1 atom stereocenters. The molecular weight excluding hydrogens is 280 g/mol. The van der Waals surface area contributed by atoms with Gasteiger partial charge in [-0.3, -0.25) is 9.36 Å². The van der Waals surface area contributed by atoms with Gasteiger partial charge in [0.15, 0.2) is 5.58 Å².